The van der Waals surface area contributed by atoms with Crippen molar-refractivity contribution < 1.29 is 9.21 Å². The zero-order valence-electron chi connectivity index (χ0n) is 15.8. The van der Waals surface area contributed by atoms with Crippen molar-refractivity contribution in [2.75, 3.05) is 6.54 Å². The fraction of sp³-hybridized carbons (Fsp3) is 0.316. The van der Waals surface area contributed by atoms with Crippen LogP contribution in [-0.4, -0.2) is 47.1 Å². The van der Waals surface area contributed by atoms with Crippen molar-refractivity contribution in [2.45, 2.75) is 26.3 Å². The summed E-state index contributed by atoms with van der Waals surface area (Å²) in [6.45, 7) is 4.25. The van der Waals surface area contributed by atoms with E-state index in [1.807, 2.05) is 25.1 Å². The zero-order chi connectivity index (χ0) is 19.4. The molecule has 5 rings (SSSR count). The molecule has 1 aromatic carbocycles. The third kappa shape index (κ3) is 2.43. The number of imidazole rings is 1. The molecule has 0 unspecified atom stereocenters. The maximum atomic E-state index is 13.3. The van der Waals surface area contributed by atoms with E-state index in [9.17, 15) is 4.79 Å². The molecule has 9 heteroatoms. The number of aryl methyl sites for hydroxylation is 3. The Hall–Kier alpha value is -3.49. The highest BCUT2D eigenvalue weighted by Gasteiger charge is 2.39. The first-order chi connectivity index (χ1) is 13.5. The molecule has 0 aliphatic carbocycles. The van der Waals surface area contributed by atoms with Gasteiger partial charge in [-0.2, -0.15) is 5.10 Å². The first-order valence-corrected chi connectivity index (χ1v) is 9.09. The highest BCUT2D eigenvalue weighted by atomic mass is 16.4. The van der Waals surface area contributed by atoms with E-state index >= 15 is 0 Å². The van der Waals surface area contributed by atoms with E-state index in [1.54, 1.807) is 25.2 Å². The summed E-state index contributed by atoms with van der Waals surface area (Å²) in [6, 6.07) is 5.27. The largest absolute Gasteiger partial charge is 0.438 e. The average Bonchev–Trinajstić information content (AvgIpc) is 3.38. The van der Waals surface area contributed by atoms with Crippen molar-refractivity contribution in [1.82, 2.24) is 34.6 Å². The fourth-order valence-electron chi connectivity index (χ4n) is 3.79. The van der Waals surface area contributed by atoms with Gasteiger partial charge in [-0.3, -0.25) is 4.79 Å². The van der Waals surface area contributed by atoms with Gasteiger partial charge >= 0.3 is 0 Å². The summed E-state index contributed by atoms with van der Waals surface area (Å²) < 4.78 is 7.57. The first kappa shape index (κ1) is 16.7. The molecule has 3 aromatic heterocycles. The number of para-hydroxylation sites is 1. The fourth-order valence-corrected chi connectivity index (χ4v) is 3.79. The maximum Gasteiger partial charge on any atom is 0.292 e. The van der Waals surface area contributed by atoms with Gasteiger partial charge in [-0.25, -0.2) is 19.6 Å². The second-order valence-corrected chi connectivity index (χ2v) is 7.00. The lowest BCUT2D eigenvalue weighted by Gasteiger charge is -2.32. The number of rotatable bonds is 2. The number of hydrogen-bond acceptors (Lipinski definition) is 6. The Morgan fingerprint density at radius 1 is 1.29 bits per heavy atom. The smallest absolute Gasteiger partial charge is 0.292 e. The van der Waals surface area contributed by atoms with Crippen LogP contribution in [0.15, 0.2) is 28.9 Å². The number of aromatic amines is 1. The number of H-pyrrole nitrogens is 1. The van der Waals surface area contributed by atoms with Gasteiger partial charge in [0, 0.05) is 25.7 Å². The summed E-state index contributed by atoms with van der Waals surface area (Å²) in [4.78, 5) is 31.7. The Bertz CT molecular complexity index is 1200. The molecule has 0 saturated carbocycles. The molecule has 0 spiro atoms. The summed E-state index contributed by atoms with van der Waals surface area (Å²) in [5.74, 6) is 1.07. The predicted molar refractivity (Wildman–Crippen MR) is 99.7 cm³/mol. The van der Waals surface area contributed by atoms with Crippen LogP contribution in [0.25, 0.3) is 11.1 Å². The van der Waals surface area contributed by atoms with Crippen molar-refractivity contribution in [3.63, 3.8) is 0 Å². The van der Waals surface area contributed by atoms with E-state index in [2.05, 4.69) is 20.1 Å². The third-order valence-corrected chi connectivity index (χ3v) is 5.12. The number of nitrogens with zero attached hydrogens (tertiary/aromatic N) is 6. The van der Waals surface area contributed by atoms with Crippen LogP contribution in [-0.2, 0) is 13.5 Å². The van der Waals surface area contributed by atoms with Gasteiger partial charge in [0.05, 0.1) is 12.0 Å². The summed E-state index contributed by atoms with van der Waals surface area (Å²) >= 11 is 0. The van der Waals surface area contributed by atoms with Gasteiger partial charge < -0.3 is 14.3 Å². The SMILES string of the molecule is Cc1nc(C(=O)N2CCc3[nH]cnc3[C@H]2c2nc3c(C)cccc3o2)n(C)n1. The Labute approximate surface area is 160 Å². The average molecular weight is 377 g/mol. The molecule has 0 bridgehead atoms. The van der Waals surface area contributed by atoms with Gasteiger partial charge in [-0.1, -0.05) is 12.1 Å². The molecule has 1 aliphatic heterocycles. The Morgan fingerprint density at radius 3 is 2.89 bits per heavy atom. The predicted octanol–water partition coefficient (Wildman–Crippen LogP) is 2.08. The number of aromatic nitrogens is 6. The van der Waals surface area contributed by atoms with E-state index < -0.39 is 6.04 Å². The van der Waals surface area contributed by atoms with Gasteiger partial charge in [0.2, 0.25) is 11.7 Å². The zero-order valence-corrected chi connectivity index (χ0v) is 15.8. The summed E-state index contributed by atoms with van der Waals surface area (Å²) in [6.07, 6.45) is 2.32. The lowest BCUT2D eigenvalue weighted by atomic mass is 10.0. The van der Waals surface area contributed by atoms with Crippen LogP contribution in [0.5, 0.6) is 0 Å². The number of nitrogens with one attached hydrogen (secondary N) is 1. The number of benzene rings is 1. The van der Waals surface area contributed by atoms with Crippen molar-refractivity contribution in [3.8, 4) is 0 Å². The minimum Gasteiger partial charge on any atom is -0.438 e. The van der Waals surface area contributed by atoms with E-state index in [0.717, 1.165) is 22.5 Å². The minimum atomic E-state index is -0.522. The number of oxazole rings is 1. The molecule has 1 N–H and O–H groups in total. The van der Waals surface area contributed by atoms with E-state index in [1.165, 1.54) is 4.68 Å². The number of fused-ring (bicyclic) bond motifs is 2. The molecule has 142 valence electrons. The van der Waals surface area contributed by atoms with Crippen LogP contribution in [0.1, 0.15) is 45.3 Å². The molecule has 1 amide bonds. The molecule has 0 fully saturated rings. The Morgan fingerprint density at radius 2 is 2.14 bits per heavy atom. The van der Waals surface area contributed by atoms with E-state index in [4.69, 9.17) is 9.40 Å². The molecular formula is C19H19N7O2. The molecule has 1 atom stereocenters. The maximum absolute atomic E-state index is 13.3. The van der Waals surface area contributed by atoms with Crippen LogP contribution in [0.4, 0.5) is 0 Å². The quantitative estimate of drug-likeness (QED) is 0.573. The molecule has 4 heterocycles. The second kappa shape index (κ2) is 6.01. The van der Waals surface area contributed by atoms with E-state index in [-0.39, 0.29) is 11.7 Å². The lowest BCUT2D eigenvalue weighted by molar-refractivity contribution is 0.0650. The lowest BCUT2D eigenvalue weighted by Crippen LogP contribution is -2.42. The highest BCUT2D eigenvalue weighted by Crippen LogP contribution is 2.35. The van der Waals surface area contributed by atoms with Gasteiger partial charge in [0.15, 0.2) is 11.6 Å². The standard InChI is InChI=1S/C19H19N7O2/c1-10-5-4-6-13-14(10)23-18(28-13)16-15-12(20-9-21-15)7-8-26(16)19(27)17-22-11(2)24-25(17)3/h4-6,9,16H,7-8H2,1-3H3,(H,20,21)/t16-/m0/s1. The second-order valence-electron chi connectivity index (χ2n) is 7.00. The first-order valence-electron chi connectivity index (χ1n) is 9.09. The van der Waals surface area contributed by atoms with Gasteiger partial charge in [0.25, 0.3) is 5.91 Å². The molecule has 28 heavy (non-hydrogen) atoms. The number of hydrogen-bond donors (Lipinski definition) is 1. The summed E-state index contributed by atoms with van der Waals surface area (Å²) in [5, 5.41) is 4.20. The van der Waals surface area contributed by atoms with Crippen molar-refractivity contribution in [2.24, 2.45) is 7.05 Å². The third-order valence-electron chi connectivity index (χ3n) is 5.12. The van der Waals surface area contributed by atoms with Crippen LogP contribution < -0.4 is 0 Å². The molecule has 1 aliphatic rings. The Kier molecular flexibility index (Phi) is 3.58. The number of carbonyl (C=O) groups is 1. The topological polar surface area (TPSA) is 106 Å². The summed E-state index contributed by atoms with van der Waals surface area (Å²) in [5.41, 5.74) is 4.25. The monoisotopic (exact) mass is 377 g/mol. The summed E-state index contributed by atoms with van der Waals surface area (Å²) in [7, 11) is 1.72. The van der Waals surface area contributed by atoms with Crippen LogP contribution >= 0.6 is 0 Å². The Balaban J connectivity index is 1.65. The minimum absolute atomic E-state index is 0.222. The van der Waals surface area contributed by atoms with Crippen molar-refractivity contribution >= 4 is 17.0 Å². The van der Waals surface area contributed by atoms with Crippen molar-refractivity contribution in [3.05, 3.63) is 59.0 Å². The molecule has 0 radical (unpaired) electrons. The van der Waals surface area contributed by atoms with Gasteiger partial charge in [-0.15, -0.1) is 0 Å². The highest BCUT2D eigenvalue weighted by molar-refractivity contribution is 5.91. The van der Waals surface area contributed by atoms with Crippen molar-refractivity contribution in [1.29, 1.82) is 0 Å². The van der Waals surface area contributed by atoms with Crippen LogP contribution in [0.3, 0.4) is 0 Å². The van der Waals surface area contributed by atoms with Gasteiger partial charge in [-0.05, 0) is 25.5 Å². The molecule has 4 aromatic rings. The molecule has 9 nitrogen and oxygen atoms in total. The van der Waals surface area contributed by atoms with Gasteiger partial charge in [0.1, 0.15) is 11.3 Å². The number of carbonyl (C=O) groups excluding carboxylic acids is 1. The van der Waals surface area contributed by atoms with E-state index in [0.29, 0.717) is 30.3 Å². The van der Waals surface area contributed by atoms with Crippen LogP contribution in [0, 0.1) is 13.8 Å². The molecular weight excluding hydrogens is 358 g/mol. The number of amides is 1. The normalized spacial score (nSPS) is 16.5. The van der Waals surface area contributed by atoms with Crippen LogP contribution in [0.2, 0.25) is 0 Å². The molecule has 0 saturated heterocycles.